The van der Waals surface area contributed by atoms with Crippen molar-refractivity contribution in [1.82, 2.24) is 15.1 Å². The molecule has 1 N–H and O–H groups in total. The normalized spacial score (nSPS) is 30.4. The summed E-state index contributed by atoms with van der Waals surface area (Å²) in [6.45, 7) is 0.264. The summed E-state index contributed by atoms with van der Waals surface area (Å²) < 4.78 is 1.58. The van der Waals surface area contributed by atoms with Crippen LogP contribution in [0.2, 0.25) is 5.02 Å². The SMILES string of the molecule is O=C(Cn1cc(Cl)cn1)N[C@@H]1CC[C@H]2CCC[C@H]21. The number of nitrogens with one attached hydrogen (secondary N) is 1. The first-order chi connectivity index (χ1) is 8.72. The van der Waals surface area contributed by atoms with Gasteiger partial charge in [-0.25, -0.2) is 0 Å². The lowest BCUT2D eigenvalue weighted by Gasteiger charge is -2.19. The van der Waals surface area contributed by atoms with E-state index < -0.39 is 0 Å². The maximum atomic E-state index is 12.0. The van der Waals surface area contributed by atoms with Crippen molar-refractivity contribution in [3.63, 3.8) is 0 Å². The van der Waals surface area contributed by atoms with E-state index in [4.69, 9.17) is 11.6 Å². The fourth-order valence-corrected chi connectivity index (χ4v) is 3.72. The van der Waals surface area contributed by atoms with Crippen molar-refractivity contribution in [2.45, 2.75) is 44.7 Å². The molecule has 4 nitrogen and oxygen atoms in total. The summed E-state index contributed by atoms with van der Waals surface area (Å²) in [5, 5.41) is 7.75. The molecule has 0 bridgehead atoms. The minimum Gasteiger partial charge on any atom is -0.351 e. The number of aromatic nitrogens is 2. The van der Waals surface area contributed by atoms with E-state index in [-0.39, 0.29) is 12.5 Å². The molecule has 1 aromatic rings. The lowest BCUT2D eigenvalue weighted by atomic mass is 9.98. The molecule has 1 amide bonds. The maximum Gasteiger partial charge on any atom is 0.241 e. The first kappa shape index (κ1) is 12.0. The number of hydrogen-bond acceptors (Lipinski definition) is 2. The van der Waals surface area contributed by atoms with Crippen LogP contribution in [0.1, 0.15) is 32.1 Å². The Hall–Kier alpha value is -1.03. The van der Waals surface area contributed by atoms with Crippen molar-refractivity contribution >= 4 is 17.5 Å². The summed E-state index contributed by atoms with van der Waals surface area (Å²) in [6, 6.07) is 0.385. The molecule has 3 atom stereocenters. The van der Waals surface area contributed by atoms with E-state index in [9.17, 15) is 4.79 Å². The quantitative estimate of drug-likeness (QED) is 0.913. The fourth-order valence-electron chi connectivity index (χ4n) is 3.56. The molecule has 2 aliphatic carbocycles. The average molecular weight is 268 g/mol. The fraction of sp³-hybridized carbons (Fsp3) is 0.692. The molecular formula is C13H18ClN3O. The highest BCUT2D eigenvalue weighted by Gasteiger charge is 2.39. The Morgan fingerprint density at radius 2 is 2.33 bits per heavy atom. The molecular weight excluding hydrogens is 250 g/mol. The van der Waals surface area contributed by atoms with Gasteiger partial charge < -0.3 is 5.32 Å². The predicted octanol–water partition coefficient (Wildman–Crippen LogP) is 2.23. The Morgan fingerprint density at radius 3 is 3.11 bits per heavy atom. The van der Waals surface area contributed by atoms with Crippen molar-refractivity contribution in [2.24, 2.45) is 11.8 Å². The first-order valence-corrected chi connectivity index (χ1v) is 7.07. The second-order valence-electron chi connectivity index (χ2n) is 5.46. The smallest absolute Gasteiger partial charge is 0.241 e. The molecule has 5 heteroatoms. The lowest BCUT2D eigenvalue weighted by molar-refractivity contribution is -0.122. The van der Waals surface area contributed by atoms with E-state index in [1.54, 1.807) is 17.1 Å². The second-order valence-corrected chi connectivity index (χ2v) is 5.90. The van der Waals surface area contributed by atoms with Crippen molar-refractivity contribution in [2.75, 3.05) is 0 Å². The van der Waals surface area contributed by atoms with Crippen molar-refractivity contribution in [1.29, 1.82) is 0 Å². The third-order valence-corrected chi connectivity index (χ3v) is 4.53. The van der Waals surface area contributed by atoms with E-state index >= 15 is 0 Å². The van der Waals surface area contributed by atoms with Crippen LogP contribution in [0, 0.1) is 11.8 Å². The lowest BCUT2D eigenvalue weighted by Crippen LogP contribution is -2.39. The minimum atomic E-state index is 0.0484. The van der Waals surface area contributed by atoms with Crippen LogP contribution >= 0.6 is 11.6 Å². The molecule has 2 aliphatic rings. The number of carbonyl (C=O) groups is 1. The van der Waals surface area contributed by atoms with E-state index in [0.29, 0.717) is 11.1 Å². The molecule has 2 saturated carbocycles. The van der Waals surface area contributed by atoms with E-state index in [1.807, 2.05) is 0 Å². The molecule has 98 valence electrons. The molecule has 0 spiro atoms. The van der Waals surface area contributed by atoms with Gasteiger partial charge in [-0.15, -0.1) is 0 Å². The molecule has 1 aromatic heterocycles. The third kappa shape index (κ3) is 2.39. The molecule has 0 unspecified atom stereocenters. The largest absolute Gasteiger partial charge is 0.351 e. The second kappa shape index (κ2) is 4.92. The number of amides is 1. The van der Waals surface area contributed by atoms with Crippen LogP contribution in [-0.2, 0) is 11.3 Å². The zero-order chi connectivity index (χ0) is 12.5. The topological polar surface area (TPSA) is 46.9 Å². The molecule has 0 aromatic carbocycles. The first-order valence-electron chi connectivity index (χ1n) is 6.69. The highest BCUT2D eigenvalue weighted by atomic mass is 35.5. The van der Waals surface area contributed by atoms with Crippen LogP contribution in [0.3, 0.4) is 0 Å². The van der Waals surface area contributed by atoms with Crippen LogP contribution in [0.5, 0.6) is 0 Å². The number of hydrogen-bond donors (Lipinski definition) is 1. The van der Waals surface area contributed by atoms with Crippen LogP contribution in [0.25, 0.3) is 0 Å². The molecule has 0 saturated heterocycles. The number of carbonyl (C=O) groups excluding carboxylic acids is 1. The van der Waals surface area contributed by atoms with Gasteiger partial charge in [0.15, 0.2) is 0 Å². The summed E-state index contributed by atoms with van der Waals surface area (Å²) in [4.78, 5) is 12.0. The molecule has 18 heavy (non-hydrogen) atoms. The number of fused-ring (bicyclic) bond motifs is 1. The monoisotopic (exact) mass is 267 g/mol. The molecule has 2 fully saturated rings. The zero-order valence-corrected chi connectivity index (χ0v) is 11.1. The van der Waals surface area contributed by atoms with Gasteiger partial charge in [0, 0.05) is 12.2 Å². The van der Waals surface area contributed by atoms with E-state index in [2.05, 4.69) is 10.4 Å². The Kier molecular flexibility index (Phi) is 3.29. The summed E-state index contributed by atoms with van der Waals surface area (Å²) in [7, 11) is 0. The number of rotatable bonds is 3. The summed E-state index contributed by atoms with van der Waals surface area (Å²) in [6.07, 6.45) is 9.61. The van der Waals surface area contributed by atoms with Crippen molar-refractivity contribution in [3.8, 4) is 0 Å². The Labute approximate surface area is 112 Å². The van der Waals surface area contributed by atoms with Crippen LogP contribution in [-0.4, -0.2) is 21.7 Å². The van der Waals surface area contributed by atoms with Gasteiger partial charge in [0.1, 0.15) is 6.54 Å². The van der Waals surface area contributed by atoms with Crippen LogP contribution in [0.15, 0.2) is 12.4 Å². The van der Waals surface area contributed by atoms with Gasteiger partial charge in [0.2, 0.25) is 5.91 Å². The van der Waals surface area contributed by atoms with Gasteiger partial charge in [-0.1, -0.05) is 24.4 Å². The molecule has 0 radical (unpaired) electrons. The Morgan fingerprint density at radius 1 is 1.44 bits per heavy atom. The predicted molar refractivity (Wildman–Crippen MR) is 69.2 cm³/mol. The standard InChI is InChI=1S/C13H18ClN3O/c14-10-6-15-17(7-10)8-13(18)16-12-5-4-9-2-1-3-11(9)12/h6-7,9,11-12H,1-5,8H2,(H,16,18)/t9-,11-,12-/m1/s1. The van der Waals surface area contributed by atoms with Crippen molar-refractivity contribution < 1.29 is 4.79 Å². The van der Waals surface area contributed by atoms with Gasteiger partial charge >= 0.3 is 0 Å². The summed E-state index contributed by atoms with van der Waals surface area (Å²) in [5.74, 6) is 1.62. The van der Waals surface area contributed by atoms with E-state index in [0.717, 1.165) is 18.3 Å². The third-order valence-electron chi connectivity index (χ3n) is 4.34. The number of halogens is 1. The van der Waals surface area contributed by atoms with Crippen molar-refractivity contribution in [3.05, 3.63) is 17.4 Å². The van der Waals surface area contributed by atoms with Gasteiger partial charge in [-0.3, -0.25) is 9.48 Å². The molecule has 3 rings (SSSR count). The summed E-state index contributed by atoms with van der Waals surface area (Å²) >= 11 is 5.77. The Balaban J connectivity index is 1.55. The highest BCUT2D eigenvalue weighted by molar-refractivity contribution is 6.30. The van der Waals surface area contributed by atoms with Gasteiger partial charge in [0.05, 0.1) is 11.2 Å². The van der Waals surface area contributed by atoms with E-state index in [1.165, 1.54) is 25.7 Å². The van der Waals surface area contributed by atoms with Crippen LogP contribution < -0.4 is 5.32 Å². The molecule has 1 heterocycles. The Bertz CT molecular complexity index is 445. The van der Waals surface area contributed by atoms with Crippen LogP contribution in [0.4, 0.5) is 0 Å². The average Bonchev–Trinajstić information content (AvgIpc) is 2.98. The molecule has 0 aliphatic heterocycles. The summed E-state index contributed by atoms with van der Waals surface area (Å²) in [5.41, 5.74) is 0. The van der Waals surface area contributed by atoms with Gasteiger partial charge in [-0.05, 0) is 31.1 Å². The van der Waals surface area contributed by atoms with Gasteiger partial charge in [-0.2, -0.15) is 5.10 Å². The highest BCUT2D eigenvalue weighted by Crippen LogP contribution is 2.43. The van der Waals surface area contributed by atoms with Gasteiger partial charge in [0.25, 0.3) is 0 Å². The minimum absolute atomic E-state index is 0.0484. The zero-order valence-electron chi connectivity index (χ0n) is 10.3. The number of nitrogens with zero attached hydrogens (tertiary/aromatic N) is 2. The maximum absolute atomic E-state index is 12.0.